The van der Waals surface area contributed by atoms with Gasteiger partial charge in [-0.1, -0.05) is 58.0 Å². The maximum absolute atomic E-state index is 4.19. The van der Waals surface area contributed by atoms with E-state index in [0.717, 1.165) is 6.42 Å². The molecule has 1 heterocycles. The largest absolute Gasteiger partial charge is 0.264 e. The molecule has 0 bridgehead atoms. The average Bonchev–Trinajstić information content (AvgIpc) is 2.39. The van der Waals surface area contributed by atoms with Crippen molar-refractivity contribution in [1.29, 1.82) is 0 Å². The lowest BCUT2D eigenvalue weighted by atomic mass is 9.86. The number of pyridine rings is 1. The molecule has 0 saturated carbocycles. The molecule has 1 nitrogen and oxygen atoms in total. The number of nitrogens with zero attached hydrogens (tertiary/aromatic N) is 1. The van der Waals surface area contributed by atoms with E-state index >= 15 is 0 Å². The van der Waals surface area contributed by atoms with Gasteiger partial charge in [-0.2, -0.15) is 0 Å². The standard InChI is InChI=1S/C18H23N/c1-14(16-6-5-11-19-13-16)12-15-7-9-17(10-8-15)18(2,3)4/h5-11,13-14H,12H2,1-4H3. The Hall–Kier alpha value is -1.63. The highest BCUT2D eigenvalue weighted by Gasteiger charge is 2.13. The summed E-state index contributed by atoms with van der Waals surface area (Å²) in [6, 6.07) is 13.2. The van der Waals surface area contributed by atoms with E-state index in [1.165, 1.54) is 16.7 Å². The first-order valence-electron chi connectivity index (χ1n) is 6.96. The Morgan fingerprint density at radius 3 is 2.26 bits per heavy atom. The Morgan fingerprint density at radius 1 is 1.05 bits per heavy atom. The summed E-state index contributed by atoms with van der Waals surface area (Å²) in [5.74, 6) is 0.509. The van der Waals surface area contributed by atoms with Gasteiger partial charge in [0, 0.05) is 12.4 Å². The van der Waals surface area contributed by atoms with Crippen LogP contribution in [0.3, 0.4) is 0 Å². The smallest absolute Gasteiger partial charge is 0.0302 e. The van der Waals surface area contributed by atoms with Crippen molar-refractivity contribution in [3.05, 3.63) is 65.5 Å². The second-order valence-electron chi connectivity index (χ2n) is 6.34. The van der Waals surface area contributed by atoms with Crippen LogP contribution in [0.4, 0.5) is 0 Å². The highest BCUT2D eigenvalue weighted by Crippen LogP contribution is 2.24. The third-order valence-corrected chi connectivity index (χ3v) is 3.62. The lowest BCUT2D eigenvalue weighted by molar-refractivity contribution is 0.589. The summed E-state index contributed by atoms with van der Waals surface area (Å²) in [5.41, 5.74) is 4.32. The van der Waals surface area contributed by atoms with Crippen molar-refractivity contribution in [3.63, 3.8) is 0 Å². The number of benzene rings is 1. The molecule has 0 aliphatic rings. The van der Waals surface area contributed by atoms with E-state index < -0.39 is 0 Å². The minimum atomic E-state index is 0.230. The van der Waals surface area contributed by atoms with E-state index in [0.29, 0.717) is 5.92 Å². The molecule has 0 aliphatic carbocycles. The molecule has 2 rings (SSSR count). The highest BCUT2D eigenvalue weighted by atomic mass is 14.6. The Balaban J connectivity index is 2.08. The van der Waals surface area contributed by atoms with Gasteiger partial charge in [-0.3, -0.25) is 4.98 Å². The van der Waals surface area contributed by atoms with Crippen LogP contribution in [0.15, 0.2) is 48.8 Å². The lowest BCUT2D eigenvalue weighted by Gasteiger charge is -2.19. The van der Waals surface area contributed by atoms with Crippen LogP contribution in [0.25, 0.3) is 0 Å². The van der Waals surface area contributed by atoms with Gasteiger partial charge in [-0.05, 0) is 40.5 Å². The van der Waals surface area contributed by atoms with Crippen LogP contribution in [0.1, 0.15) is 50.3 Å². The van der Waals surface area contributed by atoms with E-state index in [1.54, 1.807) is 0 Å². The summed E-state index contributed by atoms with van der Waals surface area (Å²) in [7, 11) is 0. The molecule has 1 atom stereocenters. The molecule has 0 spiro atoms. The van der Waals surface area contributed by atoms with E-state index in [9.17, 15) is 0 Å². The van der Waals surface area contributed by atoms with E-state index in [2.05, 4.69) is 63.0 Å². The summed E-state index contributed by atoms with van der Waals surface area (Å²) in [4.78, 5) is 4.19. The third kappa shape index (κ3) is 3.66. The van der Waals surface area contributed by atoms with Crippen molar-refractivity contribution in [2.75, 3.05) is 0 Å². The molecule has 1 aromatic heterocycles. The van der Waals surface area contributed by atoms with Gasteiger partial charge in [0.25, 0.3) is 0 Å². The number of hydrogen-bond donors (Lipinski definition) is 0. The van der Waals surface area contributed by atoms with Crippen molar-refractivity contribution in [2.24, 2.45) is 0 Å². The first kappa shape index (κ1) is 13.8. The number of hydrogen-bond acceptors (Lipinski definition) is 1. The first-order chi connectivity index (χ1) is 8.97. The maximum Gasteiger partial charge on any atom is 0.0302 e. The summed E-state index contributed by atoms with van der Waals surface area (Å²) in [6.07, 6.45) is 4.86. The SMILES string of the molecule is CC(Cc1ccc(C(C)(C)C)cc1)c1cccnc1. The Kier molecular flexibility index (Phi) is 4.04. The molecule has 2 aromatic rings. The van der Waals surface area contributed by atoms with Gasteiger partial charge >= 0.3 is 0 Å². The normalized spacial score (nSPS) is 13.3. The van der Waals surface area contributed by atoms with Crippen molar-refractivity contribution >= 4 is 0 Å². The molecule has 1 unspecified atom stereocenters. The van der Waals surface area contributed by atoms with Gasteiger partial charge in [0.15, 0.2) is 0 Å². The third-order valence-electron chi connectivity index (χ3n) is 3.62. The predicted molar refractivity (Wildman–Crippen MR) is 81.5 cm³/mol. The Labute approximate surface area is 116 Å². The molecule has 0 saturated heterocycles. The summed E-state index contributed by atoms with van der Waals surface area (Å²) in [5, 5.41) is 0. The van der Waals surface area contributed by atoms with Crippen molar-refractivity contribution in [2.45, 2.75) is 45.4 Å². The molecular formula is C18H23N. The van der Waals surface area contributed by atoms with Crippen molar-refractivity contribution in [1.82, 2.24) is 4.98 Å². The van der Waals surface area contributed by atoms with E-state index in [1.807, 2.05) is 18.5 Å². The second-order valence-corrected chi connectivity index (χ2v) is 6.34. The molecule has 0 fully saturated rings. The van der Waals surface area contributed by atoms with Crippen LogP contribution in [0.5, 0.6) is 0 Å². The fourth-order valence-electron chi connectivity index (χ4n) is 2.28. The summed E-state index contributed by atoms with van der Waals surface area (Å²) in [6.45, 7) is 9.01. The maximum atomic E-state index is 4.19. The minimum Gasteiger partial charge on any atom is -0.264 e. The zero-order valence-electron chi connectivity index (χ0n) is 12.4. The van der Waals surface area contributed by atoms with E-state index in [-0.39, 0.29) is 5.41 Å². The molecule has 1 aromatic carbocycles. The molecule has 0 radical (unpaired) electrons. The molecule has 0 amide bonds. The van der Waals surface area contributed by atoms with E-state index in [4.69, 9.17) is 0 Å². The fraction of sp³-hybridized carbons (Fsp3) is 0.389. The Morgan fingerprint density at radius 2 is 1.74 bits per heavy atom. The molecule has 0 aliphatic heterocycles. The molecule has 0 N–H and O–H groups in total. The zero-order valence-corrected chi connectivity index (χ0v) is 12.4. The van der Waals surface area contributed by atoms with Crippen LogP contribution in [0, 0.1) is 0 Å². The Bertz CT molecular complexity index is 506. The number of aromatic nitrogens is 1. The van der Waals surface area contributed by atoms with Gasteiger partial charge < -0.3 is 0 Å². The van der Waals surface area contributed by atoms with Gasteiger partial charge in [-0.15, -0.1) is 0 Å². The quantitative estimate of drug-likeness (QED) is 0.771. The minimum absolute atomic E-state index is 0.230. The van der Waals surface area contributed by atoms with Gasteiger partial charge in [0.2, 0.25) is 0 Å². The van der Waals surface area contributed by atoms with Crippen molar-refractivity contribution in [3.8, 4) is 0 Å². The monoisotopic (exact) mass is 253 g/mol. The topological polar surface area (TPSA) is 12.9 Å². The van der Waals surface area contributed by atoms with Crippen LogP contribution in [-0.2, 0) is 11.8 Å². The van der Waals surface area contributed by atoms with Crippen LogP contribution in [-0.4, -0.2) is 4.98 Å². The molecule has 19 heavy (non-hydrogen) atoms. The lowest BCUT2D eigenvalue weighted by Crippen LogP contribution is -2.10. The van der Waals surface area contributed by atoms with Crippen LogP contribution in [0.2, 0.25) is 0 Å². The number of rotatable bonds is 3. The average molecular weight is 253 g/mol. The summed E-state index contributed by atoms with van der Waals surface area (Å²) < 4.78 is 0. The summed E-state index contributed by atoms with van der Waals surface area (Å²) >= 11 is 0. The van der Waals surface area contributed by atoms with Gasteiger partial charge in [0.05, 0.1) is 0 Å². The predicted octanol–water partition coefficient (Wildman–Crippen LogP) is 4.73. The van der Waals surface area contributed by atoms with Crippen LogP contribution < -0.4 is 0 Å². The van der Waals surface area contributed by atoms with Crippen molar-refractivity contribution < 1.29 is 0 Å². The first-order valence-corrected chi connectivity index (χ1v) is 6.96. The fourth-order valence-corrected chi connectivity index (χ4v) is 2.28. The zero-order chi connectivity index (χ0) is 13.9. The molecule has 1 heteroatoms. The highest BCUT2D eigenvalue weighted by molar-refractivity contribution is 5.29. The van der Waals surface area contributed by atoms with Crippen LogP contribution >= 0.6 is 0 Å². The second kappa shape index (κ2) is 5.56. The molecule has 100 valence electrons. The van der Waals surface area contributed by atoms with Gasteiger partial charge in [0.1, 0.15) is 0 Å². The van der Waals surface area contributed by atoms with Gasteiger partial charge in [-0.25, -0.2) is 0 Å². The molecular weight excluding hydrogens is 230 g/mol.